The number of fused-ring (bicyclic) bond motifs is 3. The highest BCUT2D eigenvalue weighted by Crippen LogP contribution is 2.54. The molecule has 1 nitrogen and oxygen atoms in total. The molecule has 1 aromatic rings. The van der Waals surface area contributed by atoms with Gasteiger partial charge >= 0.3 is 0 Å². The highest BCUT2D eigenvalue weighted by molar-refractivity contribution is 6.08. The van der Waals surface area contributed by atoms with Crippen molar-refractivity contribution in [2.45, 2.75) is 72.1 Å². The highest BCUT2D eigenvalue weighted by atomic mass is 16.1. The summed E-state index contributed by atoms with van der Waals surface area (Å²) in [6, 6.07) is 4.47. The van der Waals surface area contributed by atoms with Crippen LogP contribution in [0.15, 0.2) is 23.8 Å². The van der Waals surface area contributed by atoms with E-state index in [9.17, 15) is 4.79 Å². The summed E-state index contributed by atoms with van der Waals surface area (Å²) in [5.41, 5.74) is 6.36. The van der Waals surface area contributed by atoms with E-state index >= 15 is 0 Å². The van der Waals surface area contributed by atoms with Crippen molar-refractivity contribution in [2.75, 3.05) is 0 Å². The summed E-state index contributed by atoms with van der Waals surface area (Å²) in [7, 11) is 0. The molecule has 0 unspecified atom stereocenters. The third-order valence-electron chi connectivity index (χ3n) is 5.97. The molecule has 0 aliphatic heterocycles. The molecule has 0 amide bonds. The number of carbonyl (C=O) groups is 1. The molecule has 1 aromatic carbocycles. The number of rotatable bonds is 1. The van der Waals surface area contributed by atoms with Gasteiger partial charge in [0.15, 0.2) is 5.78 Å². The SMILES string of the molecule is Cc1cc2c(cc1C(C)C)C(=O)C=C1C(C)(C)CCC[C@@]12C. The molecule has 0 bridgehead atoms. The first-order chi connectivity index (χ1) is 10.2. The molecule has 118 valence electrons. The van der Waals surface area contributed by atoms with Crippen LogP contribution < -0.4 is 0 Å². The first kappa shape index (κ1) is 15.5. The van der Waals surface area contributed by atoms with Gasteiger partial charge < -0.3 is 0 Å². The van der Waals surface area contributed by atoms with Crippen molar-refractivity contribution in [3.05, 3.63) is 46.0 Å². The molecule has 0 aromatic heterocycles. The highest BCUT2D eigenvalue weighted by Gasteiger charge is 2.46. The summed E-state index contributed by atoms with van der Waals surface area (Å²) >= 11 is 0. The smallest absolute Gasteiger partial charge is 0.186 e. The Labute approximate surface area is 134 Å². The summed E-state index contributed by atoms with van der Waals surface area (Å²) in [4.78, 5) is 12.8. The minimum Gasteiger partial charge on any atom is -0.289 e. The fourth-order valence-corrected chi connectivity index (χ4v) is 4.75. The summed E-state index contributed by atoms with van der Waals surface area (Å²) in [6.45, 7) is 13.5. The molecule has 0 heterocycles. The van der Waals surface area contributed by atoms with Crippen LogP contribution in [0.5, 0.6) is 0 Å². The van der Waals surface area contributed by atoms with Gasteiger partial charge in [-0.05, 0) is 59.9 Å². The standard InChI is InChI=1S/C21H28O/c1-13(2)15-11-16-17(10-14(15)3)21(6)9-7-8-20(4,5)19(21)12-18(16)22/h10-13H,7-9H2,1-6H3/t21-/m1/s1. The Morgan fingerprint density at radius 2 is 1.77 bits per heavy atom. The molecule has 0 spiro atoms. The lowest BCUT2D eigenvalue weighted by Gasteiger charge is -2.49. The van der Waals surface area contributed by atoms with Gasteiger partial charge in [0.2, 0.25) is 0 Å². The average Bonchev–Trinajstić information content (AvgIpc) is 2.41. The van der Waals surface area contributed by atoms with Gasteiger partial charge in [-0.15, -0.1) is 0 Å². The lowest BCUT2D eigenvalue weighted by atomic mass is 9.55. The van der Waals surface area contributed by atoms with Crippen LogP contribution in [0.2, 0.25) is 0 Å². The number of benzene rings is 1. The van der Waals surface area contributed by atoms with Gasteiger partial charge in [-0.3, -0.25) is 4.79 Å². The molecule has 1 fully saturated rings. The Bertz CT molecular complexity index is 675. The molecular weight excluding hydrogens is 268 g/mol. The van der Waals surface area contributed by atoms with E-state index in [1.807, 2.05) is 6.08 Å². The van der Waals surface area contributed by atoms with E-state index in [1.165, 1.54) is 35.1 Å². The molecule has 0 N–H and O–H groups in total. The monoisotopic (exact) mass is 296 g/mol. The number of carbonyl (C=O) groups excluding carboxylic acids is 1. The maximum atomic E-state index is 12.8. The Morgan fingerprint density at radius 3 is 2.41 bits per heavy atom. The zero-order valence-corrected chi connectivity index (χ0v) is 14.8. The maximum absolute atomic E-state index is 12.8. The topological polar surface area (TPSA) is 17.1 Å². The third-order valence-corrected chi connectivity index (χ3v) is 5.97. The molecular formula is C21H28O. The average molecular weight is 296 g/mol. The fourth-order valence-electron chi connectivity index (χ4n) is 4.75. The number of hydrogen-bond acceptors (Lipinski definition) is 1. The molecule has 2 aliphatic rings. The Balaban J connectivity index is 2.25. The van der Waals surface area contributed by atoms with Crippen molar-refractivity contribution < 1.29 is 4.79 Å². The second-order valence-electron chi connectivity index (χ2n) is 8.40. The quantitative estimate of drug-likeness (QED) is 0.649. The summed E-state index contributed by atoms with van der Waals surface area (Å²) < 4.78 is 0. The van der Waals surface area contributed by atoms with E-state index in [2.05, 4.69) is 53.7 Å². The molecule has 0 radical (unpaired) electrons. The molecule has 1 saturated carbocycles. The van der Waals surface area contributed by atoms with Crippen molar-refractivity contribution in [1.29, 1.82) is 0 Å². The van der Waals surface area contributed by atoms with Crippen LogP contribution in [0.3, 0.4) is 0 Å². The maximum Gasteiger partial charge on any atom is 0.186 e. The second-order valence-corrected chi connectivity index (χ2v) is 8.40. The molecule has 2 aliphatic carbocycles. The van der Waals surface area contributed by atoms with Crippen LogP contribution in [-0.4, -0.2) is 5.78 Å². The first-order valence-electron chi connectivity index (χ1n) is 8.59. The number of allylic oxidation sites excluding steroid dienone is 2. The van der Waals surface area contributed by atoms with Crippen molar-refractivity contribution in [3.63, 3.8) is 0 Å². The minimum absolute atomic E-state index is 0.0330. The molecule has 1 heteroatoms. The zero-order valence-electron chi connectivity index (χ0n) is 14.8. The normalized spacial score (nSPS) is 26.5. The lowest BCUT2D eigenvalue weighted by Crippen LogP contribution is -2.41. The van der Waals surface area contributed by atoms with Crippen molar-refractivity contribution in [3.8, 4) is 0 Å². The molecule has 22 heavy (non-hydrogen) atoms. The summed E-state index contributed by atoms with van der Waals surface area (Å²) in [5.74, 6) is 0.665. The van der Waals surface area contributed by atoms with E-state index in [0.717, 1.165) is 12.0 Å². The predicted molar refractivity (Wildman–Crippen MR) is 92.7 cm³/mol. The van der Waals surface area contributed by atoms with Gasteiger partial charge in [-0.25, -0.2) is 0 Å². The molecule has 3 rings (SSSR count). The largest absolute Gasteiger partial charge is 0.289 e. The van der Waals surface area contributed by atoms with Crippen LogP contribution in [0.4, 0.5) is 0 Å². The van der Waals surface area contributed by atoms with Crippen LogP contribution >= 0.6 is 0 Å². The Morgan fingerprint density at radius 1 is 1.09 bits per heavy atom. The summed E-state index contributed by atoms with van der Waals surface area (Å²) in [5, 5.41) is 0. The Kier molecular flexibility index (Phi) is 3.39. The van der Waals surface area contributed by atoms with Crippen molar-refractivity contribution >= 4 is 5.78 Å². The van der Waals surface area contributed by atoms with Crippen LogP contribution in [-0.2, 0) is 5.41 Å². The van der Waals surface area contributed by atoms with Crippen molar-refractivity contribution in [2.24, 2.45) is 5.41 Å². The van der Waals surface area contributed by atoms with E-state index in [0.29, 0.717) is 5.92 Å². The third kappa shape index (κ3) is 2.09. The van der Waals surface area contributed by atoms with Gasteiger partial charge in [-0.1, -0.05) is 52.7 Å². The molecule has 1 atom stereocenters. The van der Waals surface area contributed by atoms with Crippen molar-refractivity contribution in [1.82, 2.24) is 0 Å². The number of hydrogen-bond donors (Lipinski definition) is 0. The zero-order chi connectivity index (χ0) is 16.3. The minimum atomic E-state index is 0.0330. The Hall–Kier alpha value is -1.37. The molecule has 0 saturated heterocycles. The van der Waals surface area contributed by atoms with E-state index in [1.54, 1.807) is 0 Å². The van der Waals surface area contributed by atoms with Crippen LogP contribution in [0, 0.1) is 12.3 Å². The van der Waals surface area contributed by atoms with Gasteiger partial charge in [0, 0.05) is 11.0 Å². The fraction of sp³-hybridized carbons (Fsp3) is 0.571. The van der Waals surface area contributed by atoms with Gasteiger partial charge in [0.25, 0.3) is 0 Å². The van der Waals surface area contributed by atoms with E-state index < -0.39 is 0 Å². The van der Waals surface area contributed by atoms with Gasteiger partial charge in [-0.2, -0.15) is 0 Å². The van der Waals surface area contributed by atoms with Gasteiger partial charge in [0.05, 0.1) is 0 Å². The van der Waals surface area contributed by atoms with Crippen LogP contribution in [0.1, 0.15) is 86.8 Å². The number of aryl methyl sites for hydroxylation is 1. The van der Waals surface area contributed by atoms with Crippen LogP contribution in [0.25, 0.3) is 0 Å². The lowest BCUT2D eigenvalue weighted by molar-refractivity contribution is 0.103. The van der Waals surface area contributed by atoms with Gasteiger partial charge in [0.1, 0.15) is 0 Å². The predicted octanol–water partition coefficient (Wildman–Crippen LogP) is 5.71. The summed E-state index contributed by atoms with van der Waals surface area (Å²) in [6.07, 6.45) is 5.53. The second kappa shape index (κ2) is 4.81. The first-order valence-corrected chi connectivity index (χ1v) is 8.59. The van der Waals surface area contributed by atoms with E-state index in [-0.39, 0.29) is 16.6 Å². The number of ketones is 1. The van der Waals surface area contributed by atoms with E-state index in [4.69, 9.17) is 0 Å².